The van der Waals surface area contributed by atoms with E-state index in [1.165, 1.54) is 19.2 Å². The minimum absolute atomic E-state index is 0.0978. The zero-order valence-electron chi connectivity index (χ0n) is 19.7. The highest BCUT2D eigenvalue weighted by atomic mass is 32.2. The second-order valence-electron chi connectivity index (χ2n) is 7.89. The third-order valence-electron chi connectivity index (χ3n) is 5.18. The molecule has 3 aromatic rings. The Morgan fingerprint density at radius 2 is 1.62 bits per heavy atom. The van der Waals surface area contributed by atoms with E-state index in [1.54, 1.807) is 24.3 Å². The Bertz CT molecular complexity index is 1200. The molecule has 7 nitrogen and oxygen atoms in total. The van der Waals surface area contributed by atoms with Crippen molar-refractivity contribution in [3.05, 3.63) is 89.5 Å². The molecule has 0 aliphatic rings. The van der Waals surface area contributed by atoms with E-state index < -0.39 is 22.5 Å². The molecule has 0 spiro atoms. The van der Waals surface area contributed by atoms with Crippen molar-refractivity contribution in [2.24, 2.45) is 0 Å². The molecule has 0 heterocycles. The number of carbonyl (C=O) groups excluding carboxylic acids is 1. The maximum absolute atomic E-state index is 13.6. The Kier molecular flexibility index (Phi) is 8.67. The molecule has 180 valence electrons. The van der Waals surface area contributed by atoms with Gasteiger partial charge in [0.15, 0.2) is 0 Å². The van der Waals surface area contributed by atoms with Crippen LogP contribution in [-0.2, 0) is 26.2 Å². The number of nitrogens with one attached hydrogen (secondary N) is 1. The number of benzene rings is 3. The third kappa shape index (κ3) is 6.59. The number of carbonyl (C=O) groups is 1. The Labute approximate surface area is 201 Å². The molecule has 34 heavy (non-hydrogen) atoms. The van der Waals surface area contributed by atoms with Crippen LogP contribution in [0.3, 0.4) is 0 Å². The molecule has 0 fully saturated rings. The van der Waals surface area contributed by atoms with Crippen molar-refractivity contribution in [1.29, 1.82) is 0 Å². The van der Waals surface area contributed by atoms with Crippen LogP contribution in [0.1, 0.15) is 16.7 Å². The van der Waals surface area contributed by atoms with E-state index in [4.69, 9.17) is 9.47 Å². The SMILES string of the molecule is COc1ccc(C)cc1N(CC(=O)NCCOCc1ccccc1)S(=O)(=O)c1ccc(C)cc1. The lowest BCUT2D eigenvalue weighted by atomic mass is 10.2. The first-order chi connectivity index (χ1) is 16.3. The minimum Gasteiger partial charge on any atom is -0.495 e. The highest BCUT2D eigenvalue weighted by molar-refractivity contribution is 7.92. The number of amides is 1. The van der Waals surface area contributed by atoms with Gasteiger partial charge in [0.2, 0.25) is 5.91 Å². The number of aryl methyl sites for hydroxylation is 2. The van der Waals surface area contributed by atoms with Crippen LogP contribution in [0.5, 0.6) is 5.75 Å². The summed E-state index contributed by atoms with van der Waals surface area (Å²) in [5, 5.41) is 2.74. The summed E-state index contributed by atoms with van der Waals surface area (Å²) in [4.78, 5) is 12.9. The van der Waals surface area contributed by atoms with E-state index in [9.17, 15) is 13.2 Å². The lowest BCUT2D eigenvalue weighted by Crippen LogP contribution is -2.42. The standard InChI is InChI=1S/C26H30N2O5S/c1-20-9-12-23(13-10-20)34(30,31)28(24-17-21(2)11-14-25(24)32-3)18-26(29)27-15-16-33-19-22-7-5-4-6-8-22/h4-14,17H,15-16,18-19H2,1-3H3,(H,27,29). The molecule has 0 aliphatic heterocycles. The van der Waals surface area contributed by atoms with Gasteiger partial charge < -0.3 is 14.8 Å². The summed E-state index contributed by atoms with van der Waals surface area (Å²) < 4.78 is 39.2. The van der Waals surface area contributed by atoms with Crippen LogP contribution >= 0.6 is 0 Å². The zero-order valence-corrected chi connectivity index (χ0v) is 20.5. The summed E-state index contributed by atoms with van der Waals surface area (Å²) in [6.45, 7) is 4.34. The van der Waals surface area contributed by atoms with Crippen LogP contribution in [0.25, 0.3) is 0 Å². The summed E-state index contributed by atoms with van der Waals surface area (Å²) in [6, 6.07) is 21.5. The van der Waals surface area contributed by atoms with E-state index in [2.05, 4.69) is 5.32 Å². The Morgan fingerprint density at radius 3 is 2.29 bits per heavy atom. The summed E-state index contributed by atoms with van der Waals surface area (Å²) in [6.07, 6.45) is 0. The number of hydrogen-bond donors (Lipinski definition) is 1. The van der Waals surface area contributed by atoms with Crippen molar-refractivity contribution in [1.82, 2.24) is 5.32 Å². The first kappa shape index (κ1) is 25.3. The van der Waals surface area contributed by atoms with E-state index in [0.717, 1.165) is 21.0 Å². The molecule has 8 heteroatoms. The summed E-state index contributed by atoms with van der Waals surface area (Å²) in [7, 11) is -2.56. The molecule has 0 bridgehead atoms. The van der Waals surface area contributed by atoms with Crippen molar-refractivity contribution in [2.45, 2.75) is 25.3 Å². The number of rotatable bonds is 11. The molecule has 0 atom stereocenters. The predicted molar refractivity (Wildman–Crippen MR) is 133 cm³/mol. The highest BCUT2D eigenvalue weighted by Gasteiger charge is 2.29. The van der Waals surface area contributed by atoms with Gasteiger partial charge in [-0.2, -0.15) is 0 Å². The maximum Gasteiger partial charge on any atom is 0.264 e. The highest BCUT2D eigenvalue weighted by Crippen LogP contribution is 2.33. The molecule has 0 aromatic heterocycles. The van der Waals surface area contributed by atoms with Gasteiger partial charge in [0.05, 0.1) is 30.9 Å². The molecule has 3 rings (SSSR count). The van der Waals surface area contributed by atoms with Crippen molar-refractivity contribution < 1.29 is 22.7 Å². The maximum atomic E-state index is 13.6. The topological polar surface area (TPSA) is 84.9 Å². The molecule has 1 amide bonds. The molecule has 0 unspecified atom stereocenters. The van der Waals surface area contributed by atoms with Crippen LogP contribution in [0.15, 0.2) is 77.7 Å². The number of nitrogens with zero attached hydrogens (tertiary/aromatic N) is 1. The monoisotopic (exact) mass is 482 g/mol. The number of hydrogen-bond acceptors (Lipinski definition) is 5. The van der Waals surface area contributed by atoms with Gasteiger partial charge in [0.1, 0.15) is 12.3 Å². The molecular weight excluding hydrogens is 452 g/mol. The van der Waals surface area contributed by atoms with E-state index in [1.807, 2.05) is 50.2 Å². The average molecular weight is 483 g/mol. The van der Waals surface area contributed by atoms with E-state index >= 15 is 0 Å². The van der Waals surface area contributed by atoms with Gasteiger partial charge in [-0.15, -0.1) is 0 Å². The van der Waals surface area contributed by atoms with E-state index in [-0.39, 0.29) is 11.4 Å². The van der Waals surface area contributed by atoms with Crippen LogP contribution < -0.4 is 14.4 Å². The second-order valence-corrected chi connectivity index (χ2v) is 9.75. The van der Waals surface area contributed by atoms with Crippen LogP contribution in [-0.4, -0.2) is 41.1 Å². The molecule has 0 aliphatic carbocycles. The predicted octanol–water partition coefficient (Wildman–Crippen LogP) is 3.84. The van der Waals surface area contributed by atoms with Crippen molar-refractivity contribution in [3.63, 3.8) is 0 Å². The molecule has 0 radical (unpaired) electrons. The zero-order chi connectivity index (χ0) is 24.6. The van der Waals surface area contributed by atoms with Crippen LogP contribution in [0.4, 0.5) is 5.69 Å². The summed E-state index contributed by atoms with van der Waals surface area (Å²) in [5.41, 5.74) is 3.12. The molecule has 3 aromatic carbocycles. The van der Waals surface area contributed by atoms with Gasteiger partial charge in [0.25, 0.3) is 10.0 Å². The third-order valence-corrected chi connectivity index (χ3v) is 6.95. The number of methoxy groups -OCH3 is 1. The fourth-order valence-electron chi connectivity index (χ4n) is 3.35. The van der Waals surface area contributed by atoms with Crippen molar-refractivity contribution >= 4 is 21.6 Å². The van der Waals surface area contributed by atoms with Crippen LogP contribution in [0, 0.1) is 13.8 Å². The second kappa shape index (κ2) is 11.7. The Balaban J connectivity index is 1.74. The molecule has 1 N–H and O–H groups in total. The minimum atomic E-state index is -4.03. The lowest BCUT2D eigenvalue weighted by molar-refractivity contribution is -0.119. The molecule has 0 saturated carbocycles. The van der Waals surface area contributed by atoms with Crippen molar-refractivity contribution in [2.75, 3.05) is 31.1 Å². The molecular formula is C26H30N2O5S. The quantitative estimate of drug-likeness (QED) is 0.420. The summed E-state index contributed by atoms with van der Waals surface area (Å²) in [5.74, 6) is -0.0807. The largest absolute Gasteiger partial charge is 0.495 e. The van der Waals surface area contributed by atoms with Crippen molar-refractivity contribution in [3.8, 4) is 5.75 Å². The smallest absolute Gasteiger partial charge is 0.264 e. The van der Waals surface area contributed by atoms with Gasteiger partial charge >= 0.3 is 0 Å². The summed E-state index contributed by atoms with van der Waals surface area (Å²) >= 11 is 0. The lowest BCUT2D eigenvalue weighted by Gasteiger charge is -2.26. The van der Waals surface area contributed by atoms with Gasteiger partial charge in [0, 0.05) is 6.54 Å². The van der Waals surface area contributed by atoms with Crippen LogP contribution in [0.2, 0.25) is 0 Å². The number of ether oxygens (including phenoxy) is 2. The number of sulfonamides is 1. The number of anilines is 1. The Hall–Kier alpha value is -3.36. The Morgan fingerprint density at radius 1 is 0.941 bits per heavy atom. The van der Waals surface area contributed by atoms with E-state index in [0.29, 0.717) is 24.7 Å². The fraction of sp³-hybridized carbons (Fsp3) is 0.269. The normalized spacial score (nSPS) is 11.1. The molecule has 0 saturated heterocycles. The van der Waals surface area contributed by atoms with Gasteiger partial charge in [-0.1, -0.05) is 54.1 Å². The van der Waals surface area contributed by atoms with Gasteiger partial charge in [-0.3, -0.25) is 9.10 Å². The van der Waals surface area contributed by atoms with Gasteiger partial charge in [-0.05, 0) is 49.2 Å². The average Bonchev–Trinajstić information content (AvgIpc) is 2.83. The fourth-order valence-corrected chi connectivity index (χ4v) is 4.77. The first-order valence-corrected chi connectivity index (χ1v) is 12.4. The van der Waals surface area contributed by atoms with Gasteiger partial charge in [-0.25, -0.2) is 8.42 Å². The first-order valence-electron chi connectivity index (χ1n) is 10.9.